The van der Waals surface area contributed by atoms with Gasteiger partial charge in [-0.1, -0.05) is 0 Å². The minimum atomic E-state index is -0.393. The Balaban J connectivity index is 2.24. The van der Waals surface area contributed by atoms with Crippen LogP contribution in [0.2, 0.25) is 0 Å². The zero-order chi connectivity index (χ0) is 11.5. The van der Waals surface area contributed by atoms with Crippen molar-refractivity contribution < 1.29 is 4.74 Å². The maximum Gasteiger partial charge on any atom is 0.161 e. The van der Waals surface area contributed by atoms with E-state index in [0.717, 1.165) is 17.9 Å². The molecule has 1 aromatic heterocycles. The highest BCUT2D eigenvalue weighted by Crippen LogP contribution is 2.24. The lowest BCUT2D eigenvalue weighted by Gasteiger charge is -2.31. The first-order valence-electron chi connectivity index (χ1n) is 5.19. The van der Waals surface area contributed by atoms with Crippen LogP contribution in [-0.2, 0) is 4.74 Å². The van der Waals surface area contributed by atoms with E-state index in [-0.39, 0.29) is 0 Å². The molecule has 1 aliphatic rings. The highest BCUT2D eigenvalue weighted by molar-refractivity contribution is 5.66. The van der Waals surface area contributed by atoms with E-state index in [4.69, 9.17) is 15.7 Å². The van der Waals surface area contributed by atoms with E-state index < -0.39 is 6.10 Å². The number of aryl methyl sites for hydroxylation is 1. The molecule has 2 N–H and O–H groups in total. The molecule has 1 aromatic rings. The molecule has 5 nitrogen and oxygen atoms in total. The lowest BCUT2D eigenvalue weighted by Crippen LogP contribution is -2.42. The topological polar surface area (TPSA) is 75.2 Å². The van der Waals surface area contributed by atoms with Crippen molar-refractivity contribution in [2.75, 3.05) is 30.3 Å². The molecule has 0 radical (unpaired) electrons. The van der Waals surface area contributed by atoms with Crippen molar-refractivity contribution in [2.45, 2.75) is 13.0 Å². The predicted molar refractivity (Wildman–Crippen MR) is 61.0 cm³/mol. The minimum absolute atomic E-state index is 0.393. The Morgan fingerprint density at radius 2 is 2.50 bits per heavy atom. The Kier molecular flexibility index (Phi) is 2.93. The fourth-order valence-electron chi connectivity index (χ4n) is 1.73. The molecule has 0 aromatic carbocycles. The second kappa shape index (κ2) is 4.37. The molecule has 84 valence electrons. The molecule has 5 heteroatoms. The summed E-state index contributed by atoms with van der Waals surface area (Å²) < 4.78 is 5.28. The summed E-state index contributed by atoms with van der Waals surface area (Å²) in [4.78, 5) is 6.27. The van der Waals surface area contributed by atoms with Crippen LogP contribution in [0.15, 0.2) is 12.3 Å². The Morgan fingerprint density at radius 3 is 3.25 bits per heavy atom. The molecule has 1 unspecified atom stereocenters. The number of aromatic nitrogens is 1. The largest absolute Gasteiger partial charge is 0.396 e. The van der Waals surface area contributed by atoms with Crippen LogP contribution < -0.4 is 10.6 Å². The number of nitrogens with two attached hydrogens (primary N) is 1. The number of ether oxygens (including phenoxy) is 1. The maximum absolute atomic E-state index is 8.83. The summed E-state index contributed by atoms with van der Waals surface area (Å²) in [6.07, 6.45) is 1.34. The number of rotatable bonds is 1. The van der Waals surface area contributed by atoms with Crippen molar-refractivity contribution in [1.82, 2.24) is 4.98 Å². The van der Waals surface area contributed by atoms with Crippen LogP contribution in [0.3, 0.4) is 0 Å². The van der Waals surface area contributed by atoms with Gasteiger partial charge in [0, 0.05) is 12.7 Å². The third kappa shape index (κ3) is 1.92. The number of morpholine rings is 1. The number of anilines is 2. The molecule has 1 fully saturated rings. The summed E-state index contributed by atoms with van der Waals surface area (Å²) in [7, 11) is 0. The number of nitrogens with zero attached hydrogens (tertiary/aromatic N) is 3. The van der Waals surface area contributed by atoms with Crippen molar-refractivity contribution >= 4 is 11.5 Å². The summed E-state index contributed by atoms with van der Waals surface area (Å²) in [5.41, 5.74) is 7.66. The van der Waals surface area contributed by atoms with E-state index in [1.807, 2.05) is 17.9 Å². The minimum Gasteiger partial charge on any atom is -0.396 e. The van der Waals surface area contributed by atoms with Gasteiger partial charge < -0.3 is 15.4 Å². The molecule has 16 heavy (non-hydrogen) atoms. The van der Waals surface area contributed by atoms with Gasteiger partial charge in [-0.15, -0.1) is 0 Å². The molecule has 2 rings (SSSR count). The van der Waals surface area contributed by atoms with Gasteiger partial charge in [-0.2, -0.15) is 5.26 Å². The molecule has 2 heterocycles. The smallest absolute Gasteiger partial charge is 0.161 e. The van der Waals surface area contributed by atoms with E-state index in [1.165, 1.54) is 0 Å². The first kappa shape index (κ1) is 10.7. The number of nitrogen functional groups attached to an aromatic ring is 1. The average molecular weight is 218 g/mol. The van der Waals surface area contributed by atoms with Gasteiger partial charge in [-0.05, 0) is 18.6 Å². The molecule has 1 atom stereocenters. The maximum atomic E-state index is 8.83. The lowest BCUT2D eigenvalue weighted by atomic mass is 10.2. The molecule has 1 saturated heterocycles. The number of hydrogen-bond donors (Lipinski definition) is 1. The van der Waals surface area contributed by atoms with Gasteiger partial charge in [0.1, 0.15) is 0 Å². The molecule has 0 saturated carbocycles. The molecule has 0 amide bonds. The number of nitriles is 1. The molecule has 0 spiro atoms. The standard InChI is InChI=1S/C11H14N4O/c1-8-2-3-14-11(10(8)13)15-4-5-16-9(6-12)7-15/h2-3,9H,4-5,7,13H2,1H3. The van der Waals surface area contributed by atoms with Crippen LogP contribution in [0, 0.1) is 18.3 Å². The molecular formula is C11H14N4O. The van der Waals surface area contributed by atoms with Crippen molar-refractivity contribution in [2.24, 2.45) is 0 Å². The van der Waals surface area contributed by atoms with Gasteiger partial charge >= 0.3 is 0 Å². The number of pyridine rings is 1. The Labute approximate surface area is 94.4 Å². The van der Waals surface area contributed by atoms with E-state index in [1.54, 1.807) is 6.20 Å². The Hall–Kier alpha value is -1.80. The normalized spacial score (nSPS) is 20.5. The number of hydrogen-bond acceptors (Lipinski definition) is 5. The van der Waals surface area contributed by atoms with E-state index in [9.17, 15) is 0 Å². The first-order chi connectivity index (χ1) is 7.72. The third-order valence-electron chi connectivity index (χ3n) is 2.70. The lowest BCUT2D eigenvalue weighted by molar-refractivity contribution is 0.0762. The summed E-state index contributed by atoms with van der Waals surface area (Å²) in [5, 5.41) is 8.83. The highest BCUT2D eigenvalue weighted by Gasteiger charge is 2.22. The fourth-order valence-corrected chi connectivity index (χ4v) is 1.73. The van der Waals surface area contributed by atoms with Crippen LogP contribution in [0.5, 0.6) is 0 Å². The highest BCUT2D eigenvalue weighted by atomic mass is 16.5. The van der Waals surface area contributed by atoms with E-state index in [2.05, 4.69) is 11.1 Å². The second-order valence-electron chi connectivity index (χ2n) is 3.80. The summed E-state index contributed by atoms with van der Waals surface area (Å²) in [6, 6.07) is 3.98. The van der Waals surface area contributed by atoms with Crippen molar-refractivity contribution in [3.05, 3.63) is 17.8 Å². The van der Waals surface area contributed by atoms with Crippen LogP contribution >= 0.6 is 0 Å². The Bertz CT molecular complexity index is 426. The SMILES string of the molecule is Cc1ccnc(N2CCOC(C#N)C2)c1N. The van der Waals surface area contributed by atoms with Gasteiger partial charge in [-0.25, -0.2) is 4.98 Å². The van der Waals surface area contributed by atoms with Crippen LogP contribution in [-0.4, -0.2) is 30.8 Å². The zero-order valence-corrected chi connectivity index (χ0v) is 9.18. The van der Waals surface area contributed by atoms with Gasteiger partial charge in [0.2, 0.25) is 0 Å². The van der Waals surface area contributed by atoms with Gasteiger partial charge in [0.25, 0.3) is 0 Å². The average Bonchev–Trinajstić information content (AvgIpc) is 2.33. The van der Waals surface area contributed by atoms with Crippen LogP contribution in [0.1, 0.15) is 5.56 Å². The fraction of sp³-hybridized carbons (Fsp3) is 0.455. The van der Waals surface area contributed by atoms with Crippen molar-refractivity contribution in [3.63, 3.8) is 0 Å². The molecule has 0 bridgehead atoms. The van der Waals surface area contributed by atoms with Gasteiger partial charge in [0.15, 0.2) is 11.9 Å². The zero-order valence-electron chi connectivity index (χ0n) is 9.18. The predicted octanol–water partition coefficient (Wildman–Crippen LogP) is 0.701. The third-order valence-corrected chi connectivity index (χ3v) is 2.70. The summed E-state index contributed by atoms with van der Waals surface area (Å²) in [5.74, 6) is 0.753. The molecule has 0 aliphatic carbocycles. The van der Waals surface area contributed by atoms with Crippen molar-refractivity contribution in [3.8, 4) is 6.07 Å². The van der Waals surface area contributed by atoms with E-state index >= 15 is 0 Å². The Morgan fingerprint density at radius 1 is 1.69 bits per heavy atom. The summed E-state index contributed by atoms with van der Waals surface area (Å²) >= 11 is 0. The quantitative estimate of drug-likeness (QED) is 0.751. The van der Waals surface area contributed by atoms with Crippen LogP contribution in [0.4, 0.5) is 11.5 Å². The monoisotopic (exact) mass is 218 g/mol. The van der Waals surface area contributed by atoms with Crippen molar-refractivity contribution in [1.29, 1.82) is 5.26 Å². The van der Waals surface area contributed by atoms with Gasteiger partial charge in [-0.3, -0.25) is 0 Å². The second-order valence-corrected chi connectivity index (χ2v) is 3.80. The summed E-state index contributed by atoms with van der Waals surface area (Å²) in [6.45, 7) is 3.73. The molecular weight excluding hydrogens is 204 g/mol. The van der Waals surface area contributed by atoms with Crippen LogP contribution in [0.25, 0.3) is 0 Å². The first-order valence-corrected chi connectivity index (χ1v) is 5.19. The van der Waals surface area contributed by atoms with E-state index in [0.29, 0.717) is 18.8 Å². The van der Waals surface area contributed by atoms with Gasteiger partial charge in [0.05, 0.1) is 24.9 Å². The molecule has 1 aliphatic heterocycles.